The SMILES string of the molecule is Cc1ccc(C(=O)CC[C@@H](C(=O)O)[C@@H](OC(=O)c2ccc(C)cc2)C(=O)O)cc1. The molecule has 0 bridgehead atoms. The van der Waals surface area contributed by atoms with Gasteiger partial charge >= 0.3 is 17.9 Å². The summed E-state index contributed by atoms with van der Waals surface area (Å²) in [5.41, 5.74) is 2.39. The molecule has 2 aromatic rings. The predicted molar refractivity (Wildman–Crippen MR) is 104 cm³/mol. The summed E-state index contributed by atoms with van der Waals surface area (Å²) in [6.07, 6.45) is -2.38. The van der Waals surface area contributed by atoms with E-state index in [0.29, 0.717) is 5.56 Å². The molecule has 152 valence electrons. The largest absolute Gasteiger partial charge is 0.481 e. The van der Waals surface area contributed by atoms with Crippen molar-refractivity contribution in [3.05, 3.63) is 70.8 Å². The maximum absolute atomic E-state index is 12.3. The quantitative estimate of drug-likeness (QED) is 0.491. The van der Waals surface area contributed by atoms with E-state index in [4.69, 9.17) is 4.74 Å². The van der Waals surface area contributed by atoms with Crippen LogP contribution in [0.1, 0.15) is 44.7 Å². The normalized spacial score (nSPS) is 12.6. The number of ketones is 1. The fraction of sp³-hybridized carbons (Fsp3) is 0.273. The number of Topliss-reactive ketones (excluding diaryl/α,β-unsaturated/α-hetero) is 1. The molecule has 29 heavy (non-hydrogen) atoms. The molecule has 0 aliphatic rings. The van der Waals surface area contributed by atoms with Crippen molar-refractivity contribution in [1.82, 2.24) is 0 Å². The van der Waals surface area contributed by atoms with Crippen LogP contribution in [-0.2, 0) is 14.3 Å². The summed E-state index contributed by atoms with van der Waals surface area (Å²) in [6.45, 7) is 3.69. The fourth-order valence-electron chi connectivity index (χ4n) is 2.75. The molecular weight excluding hydrogens is 376 g/mol. The van der Waals surface area contributed by atoms with Crippen LogP contribution in [0.5, 0.6) is 0 Å². The number of aryl methyl sites for hydroxylation is 2. The zero-order valence-corrected chi connectivity index (χ0v) is 16.1. The Labute approximate surface area is 167 Å². The predicted octanol–water partition coefficient (Wildman–Crippen LogP) is 3.28. The van der Waals surface area contributed by atoms with Crippen LogP contribution in [0.3, 0.4) is 0 Å². The van der Waals surface area contributed by atoms with Crippen molar-refractivity contribution < 1.29 is 34.1 Å². The van der Waals surface area contributed by atoms with Gasteiger partial charge in [-0.2, -0.15) is 0 Å². The number of carbonyl (C=O) groups excluding carboxylic acids is 2. The van der Waals surface area contributed by atoms with Gasteiger partial charge in [0.25, 0.3) is 0 Å². The van der Waals surface area contributed by atoms with Gasteiger partial charge in [0.05, 0.1) is 5.56 Å². The lowest BCUT2D eigenvalue weighted by atomic mass is 9.93. The van der Waals surface area contributed by atoms with Gasteiger partial charge in [-0.15, -0.1) is 0 Å². The van der Waals surface area contributed by atoms with Gasteiger partial charge in [0.1, 0.15) is 5.92 Å². The van der Waals surface area contributed by atoms with Crippen molar-refractivity contribution in [2.75, 3.05) is 0 Å². The van der Waals surface area contributed by atoms with Crippen molar-refractivity contribution in [2.24, 2.45) is 5.92 Å². The number of rotatable bonds is 9. The van der Waals surface area contributed by atoms with Gasteiger partial charge in [0, 0.05) is 12.0 Å². The molecule has 0 amide bonds. The number of hydrogen-bond donors (Lipinski definition) is 2. The molecule has 0 heterocycles. The summed E-state index contributed by atoms with van der Waals surface area (Å²) in [6, 6.07) is 13.0. The molecule has 7 nitrogen and oxygen atoms in total. The summed E-state index contributed by atoms with van der Waals surface area (Å²) in [5, 5.41) is 18.9. The van der Waals surface area contributed by atoms with E-state index < -0.39 is 29.9 Å². The van der Waals surface area contributed by atoms with Crippen molar-refractivity contribution >= 4 is 23.7 Å². The Morgan fingerprint density at radius 2 is 1.28 bits per heavy atom. The third-order valence-corrected chi connectivity index (χ3v) is 4.50. The van der Waals surface area contributed by atoms with Crippen LogP contribution in [-0.4, -0.2) is 40.0 Å². The zero-order chi connectivity index (χ0) is 21.6. The van der Waals surface area contributed by atoms with E-state index in [0.717, 1.165) is 11.1 Å². The van der Waals surface area contributed by atoms with Crippen LogP contribution in [0.2, 0.25) is 0 Å². The minimum absolute atomic E-state index is 0.113. The molecular formula is C22H22O7. The molecule has 2 N–H and O–H groups in total. The monoisotopic (exact) mass is 398 g/mol. The lowest BCUT2D eigenvalue weighted by Gasteiger charge is -2.20. The molecule has 0 aliphatic carbocycles. The van der Waals surface area contributed by atoms with Crippen LogP contribution < -0.4 is 0 Å². The van der Waals surface area contributed by atoms with E-state index in [2.05, 4.69) is 0 Å². The minimum Gasteiger partial charge on any atom is -0.481 e. The second kappa shape index (κ2) is 9.64. The van der Waals surface area contributed by atoms with Gasteiger partial charge in [-0.3, -0.25) is 9.59 Å². The summed E-state index contributed by atoms with van der Waals surface area (Å²) in [5.74, 6) is -5.85. The fourth-order valence-corrected chi connectivity index (χ4v) is 2.75. The Bertz CT molecular complexity index is 898. The Balaban J connectivity index is 2.11. The summed E-state index contributed by atoms with van der Waals surface area (Å²) in [7, 11) is 0. The smallest absolute Gasteiger partial charge is 0.345 e. The number of aliphatic carboxylic acids is 2. The van der Waals surface area contributed by atoms with Crippen molar-refractivity contribution in [2.45, 2.75) is 32.8 Å². The van der Waals surface area contributed by atoms with Gasteiger partial charge in [0.15, 0.2) is 5.78 Å². The highest BCUT2D eigenvalue weighted by Gasteiger charge is 2.37. The maximum atomic E-state index is 12.3. The van der Waals surface area contributed by atoms with Crippen LogP contribution in [0, 0.1) is 19.8 Å². The van der Waals surface area contributed by atoms with E-state index in [-0.39, 0.29) is 24.2 Å². The second-order valence-electron chi connectivity index (χ2n) is 6.80. The van der Waals surface area contributed by atoms with E-state index in [9.17, 15) is 29.4 Å². The molecule has 2 aromatic carbocycles. The van der Waals surface area contributed by atoms with Crippen molar-refractivity contribution in [1.29, 1.82) is 0 Å². The highest BCUT2D eigenvalue weighted by molar-refractivity contribution is 5.96. The number of carboxylic acids is 2. The first-order chi connectivity index (χ1) is 13.7. The van der Waals surface area contributed by atoms with Gasteiger partial charge < -0.3 is 14.9 Å². The highest BCUT2D eigenvalue weighted by atomic mass is 16.6. The minimum atomic E-state index is -1.91. The third-order valence-electron chi connectivity index (χ3n) is 4.50. The Kier molecular flexibility index (Phi) is 7.25. The third kappa shape index (κ3) is 6.00. The summed E-state index contributed by atoms with van der Waals surface area (Å²) in [4.78, 5) is 47.8. The van der Waals surface area contributed by atoms with E-state index in [1.165, 1.54) is 12.1 Å². The second-order valence-corrected chi connectivity index (χ2v) is 6.80. The Morgan fingerprint density at radius 3 is 1.72 bits per heavy atom. The lowest BCUT2D eigenvalue weighted by Crippen LogP contribution is -2.39. The molecule has 2 rings (SSSR count). The molecule has 0 saturated heterocycles. The number of hydrogen-bond acceptors (Lipinski definition) is 5. The van der Waals surface area contributed by atoms with Crippen molar-refractivity contribution in [3.8, 4) is 0 Å². The maximum Gasteiger partial charge on any atom is 0.345 e. The molecule has 2 atom stereocenters. The molecule has 0 fully saturated rings. The van der Waals surface area contributed by atoms with Crippen LogP contribution in [0.4, 0.5) is 0 Å². The first kappa shape index (κ1) is 21.8. The van der Waals surface area contributed by atoms with Crippen molar-refractivity contribution in [3.63, 3.8) is 0 Å². The zero-order valence-electron chi connectivity index (χ0n) is 16.1. The lowest BCUT2D eigenvalue weighted by molar-refractivity contribution is -0.160. The average molecular weight is 398 g/mol. The van der Waals surface area contributed by atoms with Gasteiger partial charge in [-0.05, 0) is 32.4 Å². The van der Waals surface area contributed by atoms with Gasteiger partial charge in [-0.25, -0.2) is 9.59 Å². The number of ether oxygens (including phenoxy) is 1. The Morgan fingerprint density at radius 1 is 0.793 bits per heavy atom. The summed E-state index contributed by atoms with van der Waals surface area (Å²) >= 11 is 0. The standard InChI is InChI=1S/C22H22O7/c1-13-3-7-15(8-4-13)18(23)12-11-17(20(24)25)19(21(26)27)29-22(28)16-9-5-14(2)6-10-16/h3-10,17,19H,11-12H2,1-2H3,(H,24,25)(H,26,27)/t17-,19-/m1/s1. The first-order valence-electron chi connectivity index (χ1n) is 9.02. The molecule has 0 radical (unpaired) electrons. The molecule has 0 spiro atoms. The molecule has 0 aliphatic heterocycles. The topological polar surface area (TPSA) is 118 Å². The van der Waals surface area contributed by atoms with Crippen LogP contribution in [0.25, 0.3) is 0 Å². The Hall–Kier alpha value is -3.48. The van der Waals surface area contributed by atoms with Crippen LogP contribution in [0.15, 0.2) is 48.5 Å². The van der Waals surface area contributed by atoms with Crippen LogP contribution >= 0.6 is 0 Å². The molecule has 0 unspecified atom stereocenters. The highest BCUT2D eigenvalue weighted by Crippen LogP contribution is 2.20. The average Bonchev–Trinajstić information content (AvgIpc) is 2.67. The molecule has 7 heteroatoms. The molecule has 0 aromatic heterocycles. The van der Waals surface area contributed by atoms with E-state index in [1.54, 1.807) is 36.4 Å². The number of carbonyl (C=O) groups is 4. The summed E-state index contributed by atoms with van der Waals surface area (Å²) < 4.78 is 4.98. The van der Waals surface area contributed by atoms with Gasteiger partial charge in [-0.1, -0.05) is 47.5 Å². The molecule has 0 saturated carbocycles. The van der Waals surface area contributed by atoms with E-state index in [1.807, 2.05) is 13.8 Å². The number of esters is 1. The first-order valence-corrected chi connectivity index (χ1v) is 9.02. The van der Waals surface area contributed by atoms with Gasteiger partial charge in [0.2, 0.25) is 6.10 Å². The number of benzene rings is 2. The van der Waals surface area contributed by atoms with E-state index >= 15 is 0 Å². The number of carboxylic acid groups (broad SMARTS) is 2.